The summed E-state index contributed by atoms with van der Waals surface area (Å²) < 4.78 is 10.3. The maximum Gasteiger partial charge on any atom is 0.407 e. The SMILES string of the molecule is COCc1ccc(CNCC(C)NC(=O)OC(C)(C)C)cc1. The number of benzene rings is 1. The predicted octanol–water partition coefficient (Wildman–Crippen LogP) is 2.84. The fourth-order valence-electron chi connectivity index (χ4n) is 1.91. The summed E-state index contributed by atoms with van der Waals surface area (Å²) in [5, 5.41) is 6.13. The fraction of sp³-hybridized carbons (Fsp3) is 0.588. The van der Waals surface area contributed by atoms with E-state index in [0.717, 1.165) is 12.1 Å². The van der Waals surface area contributed by atoms with E-state index in [0.29, 0.717) is 13.2 Å². The number of amides is 1. The molecular weight excluding hydrogens is 280 g/mol. The van der Waals surface area contributed by atoms with Crippen molar-refractivity contribution in [3.05, 3.63) is 35.4 Å². The van der Waals surface area contributed by atoms with E-state index in [2.05, 4.69) is 34.9 Å². The van der Waals surface area contributed by atoms with Crippen LogP contribution in [-0.4, -0.2) is 31.4 Å². The van der Waals surface area contributed by atoms with E-state index in [1.54, 1.807) is 7.11 Å². The average Bonchev–Trinajstić information content (AvgIpc) is 2.38. The summed E-state index contributed by atoms with van der Waals surface area (Å²) in [6.45, 7) is 9.56. The highest BCUT2D eigenvalue weighted by Gasteiger charge is 2.17. The van der Waals surface area contributed by atoms with Crippen molar-refractivity contribution in [2.45, 2.75) is 52.5 Å². The molecule has 5 nitrogen and oxygen atoms in total. The number of ether oxygens (including phenoxy) is 2. The van der Waals surface area contributed by atoms with Gasteiger partial charge in [-0.2, -0.15) is 0 Å². The van der Waals surface area contributed by atoms with E-state index in [1.807, 2.05) is 27.7 Å². The Morgan fingerprint density at radius 3 is 2.32 bits per heavy atom. The molecule has 22 heavy (non-hydrogen) atoms. The van der Waals surface area contributed by atoms with Gasteiger partial charge in [-0.1, -0.05) is 24.3 Å². The number of alkyl carbamates (subject to hydrolysis) is 1. The van der Waals surface area contributed by atoms with E-state index >= 15 is 0 Å². The predicted molar refractivity (Wildman–Crippen MR) is 87.7 cm³/mol. The lowest BCUT2D eigenvalue weighted by Crippen LogP contribution is -2.42. The molecule has 0 heterocycles. The highest BCUT2D eigenvalue weighted by molar-refractivity contribution is 5.68. The molecule has 0 spiro atoms. The molecule has 1 atom stereocenters. The molecule has 0 radical (unpaired) electrons. The zero-order valence-corrected chi connectivity index (χ0v) is 14.2. The van der Waals surface area contributed by atoms with Gasteiger partial charge in [-0.3, -0.25) is 0 Å². The van der Waals surface area contributed by atoms with Gasteiger partial charge in [0.25, 0.3) is 0 Å². The molecule has 1 rings (SSSR count). The second kappa shape index (κ2) is 8.76. The van der Waals surface area contributed by atoms with Crippen LogP contribution in [0, 0.1) is 0 Å². The van der Waals surface area contributed by atoms with Gasteiger partial charge < -0.3 is 20.1 Å². The van der Waals surface area contributed by atoms with Crippen LogP contribution < -0.4 is 10.6 Å². The van der Waals surface area contributed by atoms with Crippen LogP contribution in [0.1, 0.15) is 38.8 Å². The standard InChI is InChI=1S/C17H28N2O3/c1-13(19-16(20)22-17(2,3)4)10-18-11-14-6-8-15(9-7-14)12-21-5/h6-9,13,18H,10-12H2,1-5H3,(H,19,20). The third kappa shape index (κ3) is 8.00. The number of methoxy groups -OCH3 is 1. The first kappa shape index (κ1) is 18.5. The largest absolute Gasteiger partial charge is 0.444 e. The smallest absolute Gasteiger partial charge is 0.407 e. The van der Waals surface area contributed by atoms with Gasteiger partial charge in [-0.15, -0.1) is 0 Å². The van der Waals surface area contributed by atoms with Gasteiger partial charge in [-0.25, -0.2) is 4.79 Å². The minimum Gasteiger partial charge on any atom is -0.444 e. The quantitative estimate of drug-likeness (QED) is 0.813. The minimum absolute atomic E-state index is 0.00242. The van der Waals surface area contributed by atoms with Crippen molar-refractivity contribution in [1.82, 2.24) is 10.6 Å². The van der Waals surface area contributed by atoms with E-state index in [-0.39, 0.29) is 12.1 Å². The fourth-order valence-corrected chi connectivity index (χ4v) is 1.91. The minimum atomic E-state index is -0.471. The first-order valence-electron chi connectivity index (χ1n) is 7.57. The third-order valence-corrected chi connectivity index (χ3v) is 2.88. The van der Waals surface area contributed by atoms with E-state index < -0.39 is 5.60 Å². The Kier molecular flexibility index (Phi) is 7.35. The Bertz CT molecular complexity index is 452. The molecule has 0 aromatic heterocycles. The maximum absolute atomic E-state index is 11.6. The maximum atomic E-state index is 11.6. The summed E-state index contributed by atoms with van der Waals surface area (Å²) >= 11 is 0. The van der Waals surface area contributed by atoms with Crippen molar-refractivity contribution in [2.75, 3.05) is 13.7 Å². The second-order valence-electron chi connectivity index (χ2n) is 6.43. The highest BCUT2D eigenvalue weighted by atomic mass is 16.6. The first-order valence-corrected chi connectivity index (χ1v) is 7.57. The number of carbonyl (C=O) groups is 1. The summed E-state index contributed by atoms with van der Waals surface area (Å²) in [6, 6.07) is 8.27. The molecule has 1 aromatic carbocycles. The van der Waals surface area contributed by atoms with Crippen LogP contribution >= 0.6 is 0 Å². The molecule has 1 amide bonds. The summed E-state index contributed by atoms with van der Waals surface area (Å²) in [5.74, 6) is 0. The lowest BCUT2D eigenvalue weighted by Gasteiger charge is -2.22. The van der Waals surface area contributed by atoms with Gasteiger partial charge in [0.2, 0.25) is 0 Å². The van der Waals surface area contributed by atoms with Gasteiger partial charge in [0, 0.05) is 26.2 Å². The summed E-state index contributed by atoms with van der Waals surface area (Å²) in [5.41, 5.74) is 1.89. The number of nitrogens with one attached hydrogen (secondary N) is 2. The molecule has 0 aliphatic heterocycles. The van der Waals surface area contributed by atoms with Crippen LogP contribution in [0.15, 0.2) is 24.3 Å². The third-order valence-electron chi connectivity index (χ3n) is 2.88. The van der Waals surface area contributed by atoms with Crippen molar-refractivity contribution in [1.29, 1.82) is 0 Å². The summed E-state index contributed by atoms with van der Waals surface area (Å²) in [7, 11) is 1.69. The normalized spacial score (nSPS) is 12.8. The van der Waals surface area contributed by atoms with E-state index in [9.17, 15) is 4.79 Å². The molecule has 5 heteroatoms. The Balaban J connectivity index is 2.27. The Hall–Kier alpha value is -1.59. The summed E-state index contributed by atoms with van der Waals surface area (Å²) in [4.78, 5) is 11.6. The molecule has 0 aliphatic carbocycles. The molecule has 1 aromatic rings. The van der Waals surface area contributed by atoms with Crippen molar-refractivity contribution in [3.8, 4) is 0 Å². The van der Waals surface area contributed by atoms with Crippen LogP contribution in [0.25, 0.3) is 0 Å². The number of hydrogen-bond acceptors (Lipinski definition) is 4. The zero-order chi connectivity index (χ0) is 16.6. The van der Waals surface area contributed by atoms with Crippen LogP contribution in [0.3, 0.4) is 0 Å². The van der Waals surface area contributed by atoms with Crippen molar-refractivity contribution in [2.24, 2.45) is 0 Å². The molecule has 0 saturated carbocycles. The molecule has 0 saturated heterocycles. The van der Waals surface area contributed by atoms with Gasteiger partial charge in [0.05, 0.1) is 6.61 Å². The number of hydrogen-bond donors (Lipinski definition) is 2. The highest BCUT2D eigenvalue weighted by Crippen LogP contribution is 2.07. The average molecular weight is 308 g/mol. The van der Waals surface area contributed by atoms with Gasteiger partial charge in [0.15, 0.2) is 0 Å². The summed E-state index contributed by atoms with van der Waals surface area (Å²) in [6.07, 6.45) is -0.384. The van der Waals surface area contributed by atoms with Crippen molar-refractivity contribution < 1.29 is 14.3 Å². The van der Waals surface area contributed by atoms with Crippen molar-refractivity contribution in [3.63, 3.8) is 0 Å². The van der Waals surface area contributed by atoms with Gasteiger partial charge in [-0.05, 0) is 38.8 Å². The van der Waals surface area contributed by atoms with Crippen LogP contribution in [-0.2, 0) is 22.6 Å². The molecule has 0 fully saturated rings. The molecule has 124 valence electrons. The van der Waals surface area contributed by atoms with Crippen LogP contribution in [0.2, 0.25) is 0 Å². The molecule has 0 aliphatic rings. The van der Waals surface area contributed by atoms with E-state index in [1.165, 1.54) is 5.56 Å². The second-order valence-corrected chi connectivity index (χ2v) is 6.43. The van der Waals surface area contributed by atoms with E-state index in [4.69, 9.17) is 9.47 Å². The first-order chi connectivity index (χ1) is 10.3. The number of rotatable bonds is 7. The lowest BCUT2D eigenvalue weighted by molar-refractivity contribution is 0.0508. The Morgan fingerprint density at radius 2 is 1.77 bits per heavy atom. The molecule has 0 bridgehead atoms. The Morgan fingerprint density at radius 1 is 1.18 bits per heavy atom. The topological polar surface area (TPSA) is 59.6 Å². The molecule has 1 unspecified atom stereocenters. The monoisotopic (exact) mass is 308 g/mol. The van der Waals surface area contributed by atoms with Gasteiger partial charge in [0.1, 0.15) is 5.60 Å². The molecule has 2 N–H and O–H groups in total. The lowest BCUT2D eigenvalue weighted by atomic mass is 10.1. The molecular formula is C17H28N2O3. The van der Waals surface area contributed by atoms with Crippen LogP contribution in [0.5, 0.6) is 0 Å². The zero-order valence-electron chi connectivity index (χ0n) is 14.2. The van der Waals surface area contributed by atoms with Crippen molar-refractivity contribution >= 4 is 6.09 Å². The number of carbonyl (C=O) groups excluding carboxylic acids is 1. The Labute approximate surface area is 133 Å². The van der Waals surface area contributed by atoms with Gasteiger partial charge >= 0.3 is 6.09 Å². The van der Waals surface area contributed by atoms with Crippen LogP contribution in [0.4, 0.5) is 4.79 Å².